The van der Waals surface area contributed by atoms with Crippen molar-refractivity contribution >= 4 is 17.0 Å². The third kappa shape index (κ3) is 4.26. The van der Waals surface area contributed by atoms with Crippen LogP contribution in [0.5, 0.6) is 6.01 Å². The fraction of sp³-hybridized carbons (Fsp3) is 0.250. The van der Waals surface area contributed by atoms with Crippen LogP contribution in [0.15, 0.2) is 42.7 Å². The summed E-state index contributed by atoms with van der Waals surface area (Å²) in [6.07, 6.45) is 4.49. The van der Waals surface area contributed by atoms with Crippen molar-refractivity contribution in [2.24, 2.45) is 5.92 Å². The molecule has 0 spiro atoms. The van der Waals surface area contributed by atoms with Gasteiger partial charge in [-0.05, 0) is 55.0 Å². The number of ether oxygens (including phenoxy) is 1. The first-order valence-electron chi connectivity index (χ1n) is 10.5. The maximum atomic E-state index is 14.9. The predicted octanol–water partition coefficient (Wildman–Crippen LogP) is 4.91. The number of rotatable bonds is 6. The van der Waals surface area contributed by atoms with Gasteiger partial charge < -0.3 is 14.8 Å². The van der Waals surface area contributed by atoms with Crippen LogP contribution in [0, 0.1) is 24.5 Å². The molecule has 168 valence electrons. The van der Waals surface area contributed by atoms with Crippen LogP contribution >= 0.6 is 0 Å². The molecule has 0 atom stereocenters. The molecule has 7 nitrogen and oxygen atoms in total. The number of aromatic amines is 1. The summed E-state index contributed by atoms with van der Waals surface area (Å²) >= 11 is 0. The Morgan fingerprint density at radius 3 is 2.58 bits per heavy atom. The molecule has 5 rings (SSSR count). The average molecular weight is 450 g/mol. The number of halogens is 2. The largest absolute Gasteiger partial charge is 0.481 e. The van der Waals surface area contributed by atoms with Crippen LogP contribution in [0.25, 0.3) is 33.5 Å². The fourth-order valence-corrected chi connectivity index (χ4v) is 4.01. The Balaban J connectivity index is 1.30. The SMILES string of the molecule is Cc1cc2[nH]c(-c3ccc(-c4cnc(O[C@H]5C[C@@H](CC(=O)O)C5)nc4)cc3F)nc2cc1F. The Labute approximate surface area is 187 Å². The molecular formula is C24H20F2N4O3. The molecule has 33 heavy (non-hydrogen) atoms. The molecule has 0 unspecified atom stereocenters. The minimum absolute atomic E-state index is 0.0852. The number of hydrogen-bond donors (Lipinski definition) is 2. The molecular weight excluding hydrogens is 430 g/mol. The minimum Gasteiger partial charge on any atom is -0.481 e. The lowest BCUT2D eigenvalue weighted by Gasteiger charge is -2.33. The van der Waals surface area contributed by atoms with Crippen molar-refractivity contribution < 1.29 is 23.4 Å². The number of fused-ring (bicyclic) bond motifs is 1. The zero-order valence-corrected chi connectivity index (χ0v) is 17.7. The molecule has 2 heterocycles. The van der Waals surface area contributed by atoms with Crippen molar-refractivity contribution in [3.63, 3.8) is 0 Å². The van der Waals surface area contributed by atoms with Gasteiger partial charge in [-0.25, -0.2) is 23.7 Å². The molecule has 0 bridgehead atoms. The Bertz CT molecular complexity index is 1310. The van der Waals surface area contributed by atoms with Crippen molar-refractivity contribution in [3.05, 3.63) is 59.9 Å². The van der Waals surface area contributed by atoms with Crippen LogP contribution in [0.1, 0.15) is 24.8 Å². The number of carbonyl (C=O) groups is 1. The number of carboxylic acid groups (broad SMARTS) is 1. The molecule has 2 N–H and O–H groups in total. The molecule has 1 fully saturated rings. The van der Waals surface area contributed by atoms with Gasteiger partial charge in [0.15, 0.2) is 0 Å². The summed E-state index contributed by atoms with van der Waals surface area (Å²) in [6, 6.07) is 7.89. The lowest BCUT2D eigenvalue weighted by molar-refractivity contribution is -0.139. The highest BCUT2D eigenvalue weighted by atomic mass is 19.1. The third-order valence-electron chi connectivity index (χ3n) is 5.88. The second-order valence-corrected chi connectivity index (χ2v) is 8.33. The second kappa shape index (κ2) is 8.23. The first-order valence-corrected chi connectivity index (χ1v) is 10.5. The lowest BCUT2D eigenvalue weighted by atomic mass is 9.80. The number of H-pyrrole nitrogens is 1. The zero-order valence-electron chi connectivity index (χ0n) is 17.7. The van der Waals surface area contributed by atoms with Crippen LogP contribution in [-0.4, -0.2) is 37.1 Å². The third-order valence-corrected chi connectivity index (χ3v) is 5.88. The summed E-state index contributed by atoms with van der Waals surface area (Å²) in [4.78, 5) is 26.5. The van der Waals surface area contributed by atoms with Crippen LogP contribution in [-0.2, 0) is 4.79 Å². The number of hydrogen-bond acceptors (Lipinski definition) is 5. The first kappa shape index (κ1) is 21.0. The average Bonchev–Trinajstić information content (AvgIpc) is 3.15. The summed E-state index contributed by atoms with van der Waals surface area (Å²) in [5.41, 5.74) is 3.03. The van der Waals surface area contributed by atoms with Crippen molar-refractivity contribution in [1.82, 2.24) is 19.9 Å². The number of benzene rings is 2. The number of aliphatic carboxylic acids is 1. The molecule has 0 amide bonds. The van der Waals surface area contributed by atoms with Gasteiger partial charge >= 0.3 is 12.0 Å². The molecule has 2 aromatic carbocycles. The zero-order chi connectivity index (χ0) is 23.1. The Kier molecular flexibility index (Phi) is 5.24. The Morgan fingerprint density at radius 2 is 1.88 bits per heavy atom. The van der Waals surface area contributed by atoms with Gasteiger partial charge in [0.25, 0.3) is 0 Å². The molecule has 0 saturated heterocycles. The van der Waals surface area contributed by atoms with Crippen molar-refractivity contribution in [3.8, 4) is 28.5 Å². The van der Waals surface area contributed by atoms with E-state index in [0.29, 0.717) is 46.4 Å². The van der Waals surface area contributed by atoms with E-state index >= 15 is 0 Å². The summed E-state index contributed by atoms with van der Waals surface area (Å²) in [7, 11) is 0. The molecule has 0 radical (unpaired) electrons. The molecule has 2 aromatic heterocycles. The van der Waals surface area contributed by atoms with Crippen molar-refractivity contribution in [2.45, 2.75) is 32.3 Å². The van der Waals surface area contributed by atoms with Gasteiger partial charge in [-0.2, -0.15) is 0 Å². The highest BCUT2D eigenvalue weighted by Gasteiger charge is 2.32. The highest BCUT2D eigenvalue weighted by Crippen LogP contribution is 2.33. The molecule has 0 aliphatic heterocycles. The second-order valence-electron chi connectivity index (χ2n) is 8.33. The van der Waals surface area contributed by atoms with Gasteiger partial charge in [0, 0.05) is 30.4 Å². The van der Waals surface area contributed by atoms with E-state index < -0.39 is 11.8 Å². The number of aromatic nitrogens is 4. The highest BCUT2D eigenvalue weighted by molar-refractivity contribution is 5.80. The Morgan fingerprint density at radius 1 is 1.12 bits per heavy atom. The van der Waals surface area contributed by atoms with E-state index in [-0.39, 0.29) is 35.8 Å². The van der Waals surface area contributed by atoms with E-state index in [1.807, 2.05) is 0 Å². The first-order chi connectivity index (χ1) is 15.9. The van der Waals surface area contributed by atoms with Crippen molar-refractivity contribution in [1.29, 1.82) is 0 Å². The topological polar surface area (TPSA) is 101 Å². The fourth-order valence-electron chi connectivity index (χ4n) is 4.01. The molecule has 4 aromatic rings. The monoisotopic (exact) mass is 450 g/mol. The maximum Gasteiger partial charge on any atom is 0.316 e. The van der Waals surface area contributed by atoms with Gasteiger partial charge in [-0.1, -0.05) is 6.07 Å². The van der Waals surface area contributed by atoms with Gasteiger partial charge in [-0.3, -0.25) is 4.79 Å². The van der Waals surface area contributed by atoms with Crippen LogP contribution in [0.2, 0.25) is 0 Å². The van der Waals surface area contributed by atoms with E-state index in [2.05, 4.69) is 19.9 Å². The minimum atomic E-state index is -0.804. The van der Waals surface area contributed by atoms with Gasteiger partial charge in [0.1, 0.15) is 23.6 Å². The maximum absolute atomic E-state index is 14.9. The normalized spacial score (nSPS) is 17.7. The number of carboxylic acids is 1. The van der Waals surface area contributed by atoms with Gasteiger partial charge in [-0.15, -0.1) is 0 Å². The van der Waals surface area contributed by atoms with Gasteiger partial charge in [0.2, 0.25) is 0 Å². The van der Waals surface area contributed by atoms with E-state index in [9.17, 15) is 13.6 Å². The van der Waals surface area contributed by atoms with E-state index in [1.165, 1.54) is 12.1 Å². The van der Waals surface area contributed by atoms with Crippen LogP contribution in [0.3, 0.4) is 0 Å². The number of imidazole rings is 1. The lowest BCUT2D eigenvalue weighted by Crippen LogP contribution is -2.35. The molecule has 9 heteroatoms. The standard InChI is InChI=1S/C24H20F2N4O3/c1-12-4-20-21(9-18(12)25)30-23(29-20)17-3-2-14(8-19(17)26)15-10-27-24(28-11-15)33-16-5-13(6-16)7-22(31)32/h2-4,8-11,13,16H,5-7H2,1H3,(H,29,30)(H,31,32)/t13-,16+. The summed E-state index contributed by atoms with van der Waals surface area (Å²) in [6.45, 7) is 1.66. The van der Waals surface area contributed by atoms with Crippen LogP contribution < -0.4 is 4.74 Å². The van der Waals surface area contributed by atoms with E-state index in [4.69, 9.17) is 9.84 Å². The summed E-state index contributed by atoms with van der Waals surface area (Å²) in [5, 5.41) is 8.81. The number of nitrogens with zero attached hydrogens (tertiary/aromatic N) is 3. The van der Waals surface area contributed by atoms with Crippen molar-refractivity contribution in [2.75, 3.05) is 0 Å². The summed E-state index contributed by atoms with van der Waals surface area (Å²) < 4.78 is 34.4. The molecule has 1 aliphatic carbocycles. The predicted molar refractivity (Wildman–Crippen MR) is 117 cm³/mol. The quantitative estimate of drug-likeness (QED) is 0.433. The van der Waals surface area contributed by atoms with Crippen LogP contribution in [0.4, 0.5) is 8.78 Å². The molecule has 1 saturated carbocycles. The van der Waals surface area contributed by atoms with E-state index in [0.717, 1.165) is 0 Å². The number of nitrogens with one attached hydrogen (secondary N) is 1. The summed E-state index contributed by atoms with van der Waals surface area (Å²) in [5.74, 6) is -1.20. The smallest absolute Gasteiger partial charge is 0.316 e. The molecule has 1 aliphatic rings. The number of aryl methyl sites for hydroxylation is 1. The van der Waals surface area contributed by atoms with E-state index in [1.54, 1.807) is 37.5 Å². The Hall–Kier alpha value is -3.88. The van der Waals surface area contributed by atoms with Gasteiger partial charge in [0.05, 0.1) is 16.6 Å².